The van der Waals surface area contributed by atoms with Crippen molar-refractivity contribution in [3.05, 3.63) is 59.7 Å². The molecule has 2 aromatic heterocycles. The maximum atomic E-state index is 12.7. The molecule has 28 heavy (non-hydrogen) atoms. The molecule has 7 nitrogen and oxygen atoms in total. The van der Waals surface area contributed by atoms with Crippen LogP contribution in [0.1, 0.15) is 48.1 Å². The van der Waals surface area contributed by atoms with E-state index >= 15 is 0 Å². The molecule has 0 bridgehead atoms. The number of carbonyl (C=O) groups excluding carboxylic acids is 1. The summed E-state index contributed by atoms with van der Waals surface area (Å²) in [6, 6.07) is 9.49. The van der Waals surface area contributed by atoms with Gasteiger partial charge in [0, 0.05) is 18.8 Å². The molecule has 0 unspecified atom stereocenters. The molecule has 7 heteroatoms. The zero-order valence-corrected chi connectivity index (χ0v) is 16.6. The average Bonchev–Trinajstić information content (AvgIpc) is 3.27. The normalized spacial score (nSPS) is 17.8. The number of aryl methyl sites for hydroxylation is 1. The van der Waals surface area contributed by atoms with E-state index in [9.17, 15) is 4.79 Å². The summed E-state index contributed by atoms with van der Waals surface area (Å²) < 4.78 is 8.81. The first-order valence-electron chi connectivity index (χ1n) is 9.38. The summed E-state index contributed by atoms with van der Waals surface area (Å²) in [6.07, 6.45) is 5.26. The van der Waals surface area contributed by atoms with Crippen molar-refractivity contribution in [3.8, 4) is 11.4 Å². The highest BCUT2D eigenvalue weighted by molar-refractivity contribution is 5.92. The Morgan fingerprint density at radius 2 is 1.96 bits per heavy atom. The van der Waals surface area contributed by atoms with Crippen LogP contribution in [0.25, 0.3) is 5.69 Å². The van der Waals surface area contributed by atoms with Gasteiger partial charge in [-0.2, -0.15) is 10.2 Å². The van der Waals surface area contributed by atoms with Crippen LogP contribution in [0, 0.1) is 5.41 Å². The van der Waals surface area contributed by atoms with E-state index in [1.54, 1.807) is 31.1 Å². The number of ether oxygens (including phenoxy) is 1. The predicted molar refractivity (Wildman–Crippen MR) is 106 cm³/mol. The van der Waals surface area contributed by atoms with E-state index in [4.69, 9.17) is 4.74 Å². The first-order valence-corrected chi connectivity index (χ1v) is 9.38. The smallest absolute Gasteiger partial charge is 0.270 e. The quantitative estimate of drug-likeness (QED) is 0.756. The number of hydrogen-bond donors (Lipinski definition) is 1. The van der Waals surface area contributed by atoms with Gasteiger partial charge in [0.2, 0.25) is 0 Å². The van der Waals surface area contributed by atoms with Gasteiger partial charge < -0.3 is 10.1 Å². The van der Waals surface area contributed by atoms with Gasteiger partial charge in [-0.05, 0) is 48.6 Å². The second-order valence-electron chi connectivity index (χ2n) is 8.07. The molecule has 146 valence electrons. The van der Waals surface area contributed by atoms with Crippen LogP contribution in [0.4, 0.5) is 0 Å². The summed E-state index contributed by atoms with van der Waals surface area (Å²) in [5.74, 6) is 0.692. The SMILES string of the molecule is COc1ccc(-n2ncc3c2CC(C)(C)C[C@@H]3NC(=O)c2ccnn2C)cc1. The van der Waals surface area contributed by atoms with Gasteiger partial charge in [0.05, 0.1) is 30.7 Å². The second kappa shape index (κ2) is 6.82. The van der Waals surface area contributed by atoms with Gasteiger partial charge in [-0.15, -0.1) is 0 Å². The Morgan fingerprint density at radius 3 is 2.61 bits per heavy atom. The number of benzene rings is 1. The van der Waals surface area contributed by atoms with E-state index in [-0.39, 0.29) is 17.4 Å². The number of nitrogens with one attached hydrogen (secondary N) is 1. The first-order chi connectivity index (χ1) is 13.4. The number of amides is 1. The molecule has 1 aliphatic rings. The Kier molecular flexibility index (Phi) is 4.45. The minimum Gasteiger partial charge on any atom is -0.497 e. The lowest BCUT2D eigenvalue weighted by atomic mass is 9.74. The van der Waals surface area contributed by atoms with E-state index in [1.165, 1.54) is 0 Å². The van der Waals surface area contributed by atoms with Crippen LogP contribution in [0.3, 0.4) is 0 Å². The molecule has 0 saturated carbocycles. The molecule has 2 heterocycles. The van der Waals surface area contributed by atoms with Crippen LogP contribution < -0.4 is 10.1 Å². The molecule has 0 fully saturated rings. The number of rotatable bonds is 4. The fraction of sp³-hybridized carbons (Fsp3) is 0.381. The van der Waals surface area contributed by atoms with Gasteiger partial charge in [0.15, 0.2) is 0 Å². The molecule has 1 amide bonds. The number of fused-ring (bicyclic) bond motifs is 1. The lowest BCUT2D eigenvalue weighted by Gasteiger charge is -2.36. The van der Waals surface area contributed by atoms with Crippen molar-refractivity contribution >= 4 is 5.91 Å². The largest absolute Gasteiger partial charge is 0.497 e. The van der Waals surface area contributed by atoms with Crippen molar-refractivity contribution < 1.29 is 9.53 Å². The van der Waals surface area contributed by atoms with Crippen LogP contribution >= 0.6 is 0 Å². The van der Waals surface area contributed by atoms with Crippen molar-refractivity contribution in [2.24, 2.45) is 12.5 Å². The molecule has 1 N–H and O–H groups in total. The van der Waals surface area contributed by atoms with Gasteiger partial charge in [0.25, 0.3) is 5.91 Å². The molecule has 1 atom stereocenters. The Morgan fingerprint density at radius 1 is 1.21 bits per heavy atom. The third-order valence-corrected chi connectivity index (χ3v) is 5.36. The molecular formula is C21H25N5O2. The molecule has 0 radical (unpaired) electrons. The van der Waals surface area contributed by atoms with Gasteiger partial charge in [-0.1, -0.05) is 13.8 Å². The molecule has 0 spiro atoms. The molecule has 3 aromatic rings. The Balaban J connectivity index is 1.67. The summed E-state index contributed by atoms with van der Waals surface area (Å²) >= 11 is 0. The topological polar surface area (TPSA) is 74.0 Å². The van der Waals surface area contributed by atoms with E-state index < -0.39 is 0 Å². The third kappa shape index (κ3) is 3.28. The van der Waals surface area contributed by atoms with E-state index in [0.29, 0.717) is 5.69 Å². The van der Waals surface area contributed by atoms with Gasteiger partial charge in [-0.25, -0.2) is 4.68 Å². The molecule has 4 rings (SSSR count). The molecule has 0 saturated heterocycles. The Hall–Kier alpha value is -3.09. The monoisotopic (exact) mass is 379 g/mol. The molecule has 1 aromatic carbocycles. The summed E-state index contributed by atoms with van der Waals surface area (Å²) in [6.45, 7) is 4.45. The lowest BCUT2D eigenvalue weighted by Crippen LogP contribution is -2.37. The summed E-state index contributed by atoms with van der Waals surface area (Å²) in [7, 11) is 3.43. The van der Waals surface area contributed by atoms with Gasteiger partial charge in [-0.3, -0.25) is 9.48 Å². The lowest BCUT2D eigenvalue weighted by molar-refractivity contribution is 0.0909. The second-order valence-corrected chi connectivity index (χ2v) is 8.07. The van der Waals surface area contributed by atoms with E-state index in [1.807, 2.05) is 35.1 Å². The van der Waals surface area contributed by atoms with E-state index in [2.05, 4.69) is 29.4 Å². The third-order valence-electron chi connectivity index (χ3n) is 5.36. The molecule has 1 aliphatic carbocycles. The van der Waals surface area contributed by atoms with Crippen LogP contribution in [0.2, 0.25) is 0 Å². The van der Waals surface area contributed by atoms with Gasteiger partial charge >= 0.3 is 0 Å². The summed E-state index contributed by atoms with van der Waals surface area (Å²) in [5, 5.41) is 11.9. The highest BCUT2D eigenvalue weighted by Gasteiger charge is 2.36. The van der Waals surface area contributed by atoms with Crippen molar-refractivity contribution in [2.75, 3.05) is 7.11 Å². The maximum Gasteiger partial charge on any atom is 0.270 e. The number of aromatic nitrogens is 4. The summed E-state index contributed by atoms with van der Waals surface area (Å²) in [5.41, 5.74) is 3.79. The van der Waals surface area contributed by atoms with Crippen LogP contribution in [-0.2, 0) is 13.5 Å². The predicted octanol–water partition coefficient (Wildman–Crippen LogP) is 3.06. The minimum atomic E-state index is -0.120. The summed E-state index contributed by atoms with van der Waals surface area (Å²) in [4.78, 5) is 12.7. The maximum absolute atomic E-state index is 12.7. The Labute approximate surface area is 164 Å². The fourth-order valence-electron chi connectivity index (χ4n) is 3.95. The zero-order chi connectivity index (χ0) is 19.9. The number of methoxy groups -OCH3 is 1. The van der Waals surface area contributed by atoms with Crippen LogP contribution in [0.15, 0.2) is 42.7 Å². The van der Waals surface area contributed by atoms with Crippen molar-refractivity contribution in [2.45, 2.75) is 32.7 Å². The average molecular weight is 379 g/mol. The fourth-order valence-corrected chi connectivity index (χ4v) is 3.95. The highest BCUT2D eigenvalue weighted by Crippen LogP contribution is 2.41. The first kappa shape index (κ1) is 18.3. The highest BCUT2D eigenvalue weighted by atomic mass is 16.5. The van der Waals surface area contributed by atoms with Crippen molar-refractivity contribution in [1.82, 2.24) is 24.9 Å². The molecule has 0 aliphatic heterocycles. The zero-order valence-electron chi connectivity index (χ0n) is 16.6. The van der Waals surface area contributed by atoms with Crippen LogP contribution in [-0.4, -0.2) is 32.6 Å². The number of hydrogen-bond acceptors (Lipinski definition) is 4. The molecular weight excluding hydrogens is 354 g/mol. The minimum absolute atomic E-state index is 0.0433. The Bertz CT molecular complexity index is 1000. The number of carbonyl (C=O) groups is 1. The standard InChI is InChI=1S/C21H25N5O2/c1-21(2)11-17(24-20(27)18-9-10-22-25(18)3)16-13-23-26(19(16)12-21)14-5-7-15(28-4)8-6-14/h5-10,13,17H,11-12H2,1-4H3,(H,24,27)/t17-/m0/s1. The van der Waals surface area contributed by atoms with Crippen molar-refractivity contribution in [1.29, 1.82) is 0 Å². The van der Waals surface area contributed by atoms with Gasteiger partial charge in [0.1, 0.15) is 11.4 Å². The number of nitrogens with zero attached hydrogens (tertiary/aromatic N) is 4. The van der Waals surface area contributed by atoms with Crippen LogP contribution in [0.5, 0.6) is 5.75 Å². The van der Waals surface area contributed by atoms with E-state index in [0.717, 1.165) is 35.5 Å². The van der Waals surface area contributed by atoms with Crippen molar-refractivity contribution in [3.63, 3.8) is 0 Å².